The molecule has 0 aromatic carbocycles. The Morgan fingerprint density at radius 3 is 2.68 bits per heavy atom. The summed E-state index contributed by atoms with van der Waals surface area (Å²) in [4.78, 5) is 32.9. The number of aliphatic carboxylic acids is 1. The number of carbonyl (C=O) groups is 2. The van der Waals surface area contributed by atoms with Gasteiger partial charge in [0, 0.05) is 25.5 Å². The van der Waals surface area contributed by atoms with Gasteiger partial charge in [-0.1, -0.05) is 13.3 Å². The zero-order valence-electron chi connectivity index (χ0n) is 10.9. The largest absolute Gasteiger partial charge is 0.481 e. The van der Waals surface area contributed by atoms with Gasteiger partial charge in [-0.3, -0.25) is 9.59 Å². The van der Waals surface area contributed by atoms with Gasteiger partial charge in [0.15, 0.2) is 0 Å². The Labute approximate surface area is 111 Å². The molecule has 6 nitrogen and oxygen atoms in total. The molecule has 6 heteroatoms. The van der Waals surface area contributed by atoms with Crippen LogP contribution in [0, 0.1) is 5.41 Å². The van der Waals surface area contributed by atoms with Crippen LogP contribution in [0.1, 0.15) is 36.5 Å². The van der Waals surface area contributed by atoms with Gasteiger partial charge in [0.1, 0.15) is 6.33 Å². The Hall–Kier alpha value is -1.98. The SMILES string of the molecule is CCCC1(C(=O)O)CCN(C(=O)c2cncnc2)C1. The van der Waals surface area contributed by atoms with Gasteiger partial charge >= 0.3 is 5.97 Å². The predicted octanol–water partition coefficient (Wildman–Crippen LogP) is 1.19. The van der Waals surface area contributed by atoms with Crippen molar-refractivity contribution in [2.45, 2.75) is 26.2 Å². The molecule has 2 rings (SSSR count). The van der Waals surface area contributed by atoms with Crippen molar-refractivity contribution < 1.29 is 14.7 Å². The van der Waals surface area contributed by atoms with Crippen LogP contribution in [-0.4, -0.2) is 44.9 Å². The van der Waals surface area contributed by atoms with Crippen LogP contribution in [0.25, 0.3) is 0 Å². The van der Waals surface area contributed by atoms with Crippen molar-refractivity contribution in [3.63, 3.8) is 0 Å². The Morgan fingerprint density at radius 2 is 2.11 bits per heavy atom. The van der Waals surface area contributed by atoms with E-state index in [9.17, 15) is 14.7 Å². The fourth-order valence-electron chi connectivity index (χ4n) is 2.60. The van der Waals surface area contributed by atoms with Gasteiger partial charge in [-0.2, -0.15) is 0 Å². The first kappa shape index (κ1) is 13.5. The van der Waals surface area contributed by atoms with E-state index >= 15 is 0 Å². The fraction of sp³-hybridized carbons (Fsp3) is 0.538. The summed E-state index contributed by atoms with van der Waals surface area (Å²) in [5.74, 6) is -1.01. The minimum atomic E-state index is -0.811. The van der Waals surface area contributed by atoms with Gasteiger partial charge in [-0.25, -0.2) is 9.97 Å². The molecule has 1 aromatic heterocycles. The zero-order valence-corrected chi connectivity index (χ0v) is 10.9. The van der Waals surface area contributed by atoms with Gasteiger partial charge in [-0.15, -0.1) is 0 Å². The number of amides is 1. The third-order valence-electron chi connectivity index (χ3n) is 3.63. The smallest absolute Gasteiger partial charge is 0.311 e. The molecule has 0 aliphatic carbocycles. The normalized spacial score (nSPS) is 22.5. The third kappa shape index (κ3) is 2.57. The summed E-state index contributed by atoms with van der Waals surface area (Å²) in [6, 6.07) is 0. The third-order valence-corrected chi connectivity index (χ3v) is 3.63. The van der Waals surface area contributed by atoms with Gasteiger partial charge < -0.3 is 10.0 Å². The lowest BCUT2D eigenvalue weighted by Crippen LogP contribution is -2.37. The van der Waals surface area contributed by atoms with Crippen LogP contribution in [0.3, 0.4) is 0 Å². The number of hydrogen-bond donors (Lipinski definition) is 1. The van der Waals surface area contributed by atoms with Crippen LogP contribution in [-0.2, 0) is 4.79 Å². The van der Waals surface area contributed by atoms with E-state index in [2.05, 4.69) is 9.97 Å². The predicted molar refractivity (Wildman–Crippen MR) is 67.5 cm³/mol. The van der Waals surface area contributed by atoms with E-state index in [1.807, 2.05) is 6.92 Å². The van der Waals surface area contributed by atoms with Crippen LogP contribution in [0.15, 0.2) is 18.7 Å². The van der Waals surface area contributed by atoms with E-state index in [1.165, 1.54) is 18.7 Å². The standard InChI is InChI=1S/C13H17N3O3/c1-2-3-13(12(18)19)4-5-16(8-13)11(17)10-6-14-9-15-7-10/h6-7,9H,2-5,8H2,1H3,(H,18,19). The number of rotatable bonds is 4. The van der Waals surface area contributed by atoms with E-state index in [-0.39, 0.29) is 12.5 Å². The average Bonchev–Trinajstić information content (AvgIpc) is 2.85. The van der Waals surface area contributed by atoms with Crippen molar-refractivity contribution in [1.82, 2.24) is 14.9 Å². The molecule has 1 aromatic rings. The number of carboxylic acid groups (broad SMARTS) is 1. The number of nitrogens with zero attached hydrogens (tertiary/aromatic N) is 3. The van der Waals surface area contributed by atoms with E-state index in [4.69, 9.17) is 0 Å². The van der Waals surface area contributed by atoms with Crippen molar-refractivity contribution in [3.05, 3.63) is 24.3 Å². The van der Waals surface area contributed by atoms with E-state index in [0.717, 1.165) is 6.42 Å². The molecule has 1 fully saturated rings. The van der Waals surface area contributed by atoms with Gasteiger partial charge in [0.25, 0.3) is 5.91 Å². The maximum absolute atomic E-state index is 12.2. The summed E-state index contributed by atoms with van der Waals surface area (Å²) < 4.78 is 0. The Morgan fingerprint density at radius 1 is 1.42 bits per heavy atom. The Balaban J connectivity index is 2.13. The number of carboxylic acids is 1. The maximum atomic E-state index is 12.2. The molecular formula is C13H17N3O3. The zero-order chi connectivity index (χ0) is 13.9. The Bertz CT molecular complexity index is 477. The molecule has 19 heavy (non-hydrogen) atoms. The molecule has 0 radical (unpaired) electrons. The molecule has 1 aliphatic heterocycles. The molecule has 0 bridgehead atoms. The second-order valence-electron chi connectivity index (χ2n) is 4.94. The maximum Gasteiger partial charge on any atom is 0.311 e. The first-order valence-electron chi connectivity index (χ1n) is 6.37. The lowest BCUT2D eigenvalue weighted by Gasteiger charge is -2.24. The lowest BCUT2D eigenvalue weighted by molar-refractivity contribution is -0.148. The summed E-state index contributed by atoms with van der Waals surface area (Å²) in [6.07, 6.45) is 6.17. The van der Waals surface area contributed by atoms with Crippen LogP contribution in [0.5, 0.6) is 0 Å². The van der Waals surface area contributed by atoms with Crippen molar-refractivity contribution in [2.75, 3.05) is 13.1 Å². The number of aromatic nitrogens is 2. The van der Waals surface area contributed by atoms with Gasteiger partial charge in [-0.05, 0) is 12.8 Å². The number of hydrogen-bond acceptors (Lipinski definition) is 4. The van der Waals surface area contributed by atoms with E-state index < -0.39 is 11.4 Å². The highest BCUT2D eigenvalue weighted by Gasteiger charge is 2.45. The minimum Gasteiger partial charge on any atom is -0.481 e. The summed E-state index contributed by atoms with van der Waals surface area (Å²) >= 11 is 0. The second kappa shape index (κ2) is 5.34. The molecule has 1 unspecified atom stereocenters. The van der Waals surface area contributed by atoms with Crippen molar-refractivity contribution >= 4 is 11.9 Å². The molecule has 102 valence electrons. The lowest BCUT2D eigenvalue weighted by atomic mass is 9.83. The summed E-state index contributed by atoms with van der Waals surface area (Å²) in [7, 11) is 0. The number of carbonyl (C=O) groups excluding carboxylic acids is 1. The highest BCUT2D eigenvalue weighted by Crippen LogP contribution is 2.36. The van der Waals surface area contributed by atoms with Gasteiger partial charge in [0.2, 0.25) is 0 Å². The number of likely N-dealkylation sites (tertiary alicyclic amines) is 1. The van der Waals surface area contributed by atoms with Gasteiger partial charge in [0.05, 0.1) is 11.0 Å². The van der Waals surface area contributed by atoms with Crippen LogP contribution >= 0.6 is 0 Å². The summed E-state index contributed by atoms with van der Waals surface area (Å²) in [6.45, 7) is 2.70. The second-order valence-corrected chi connectivity index (χ2v) is 4.94. The molecule has 1 aliphatic rings. The average molecular weight is 263 g/mol. The Kier molecular flexibility index (Phi) is 3.78. The molecular weight excluding hydrogens is 246 g/mol. The van der Waals surface area contributed by atoms with Crippen molar-refractivity contribution in [3.8, 4) is 0 Å². The molecule has 0 spiro atoms. The first-order valence-corrected chi connectivity index (χ1v) is 6.37. The molecule has 1 atom stereocenters. The first-order chi connectivity index (χ1) is 9.09. The molecule has 1 amide bonds. The summed E-state index contributed by atoms with van der Waals surface area (Å²) in [5.41, 5.74) is -0.389. The topological polar surface area (TPSA) is 83.4 Å². The fourth-order valence-corrected chi connectivity index (χ4v) is 2.60. The quantitative estimate of drug-likeness (QED) is 0.882. The van der Waals surface area contributed by atoms with Crippen LogP contribution in [0.4, 0.5) is 0 Å². The molecule has 0 saturated carbocycles. The van der Waals surface area contributed by atoms with Crippen LogP contribution < -0.4 is 0 Å². The highest BCUT2D eigenvalue weighted by molar-refractivity contribution is 5.94. The summed E-state index contributed by atoms with van der Waals surface area (Å²) in [5, 5.41) is 9.40. The minimum absolute atomic E-state index is 0.195. The molecule has 1 N–H and O–H groups in total. The molecule has 2 heterocycles. The van der Waals surface area contributed by atoms with Crippen LogP contribution in [0.2, 0.25) is 0 Å². The highest BCUT2D eigenvalue weighted by atomic mass is 16.4. The molecule has 1 saturated heterocycles. The monoisotopic (exact) mass is 263 g/mol. The van der Waals surface area contributed by atoms with E-state index in [0.29, 0.717) is 24.9 Å². The van der Waals surface area contributed by atoms with Crippen molar-refractivity contribution in [1.29, 1.82) is 0 Å². The van der Waals surface area contributed by atoms with E-state index in [1.54, 1.807) is 4.90 Å². The van der Waals surface area contributed by atoms with Crippen molar-refractivity contribution in [2.24, 2.45) is 5.41 Å².